The highest BCUT2D eigenvalue weighted by Crippen LogP contribution is 2.18. The van der Waals surface area contributed by atoms with Gasteiger partial charge in [-0.3, -0.25) is 10.1 Å². The van der Waals surface area contributed by atoms with Crippen LogP contribution in [-0.4, -0.2) is 27.1 Å². The van der Waals surface area contributed by atoms with E-state index in [0.717, 1.165) is 10.7 Å². The molecule has 2 N–H and O–H groups in total. The van der Waals surface area contributed by atoms with Crippen LogP contribution in [0.25, 0.3) is 0 Å². The minimum atomic E-state index is -0.453. The van der Waals surface area contributed by atoms with Gasteiger partial charge < -0.3 is 9.88 Å². The van der Waals surface area contributed by atoms with Crippen LogP contribution in [0.5, 0.6) is 0 Å². The van der Waals surface area contributed by atoms with Gasteiger partial charge in [0, 0.05) is 43.0 Å². The Bertz CT molecular complexity index is 694. The average molecular weight is 307 g/mol. The summed E-state index contributed by atoms with van der Waals surface area (Å²) in [6.07, 6.45) is 2.98. The van der Waals surface area contributed by atoms with Crippen molar-refractivity contribution in [1.29, 1.82) is 0 Å². The fourth-order valence-electron chi connectivity index (χ4n) is 1.67. The number of hydrogen-bond donors (Lipinski definition) is 2. The lowest BCUT2D eigenvalue weighted by atomic mass is 10.2. The highest BCUT2D eigenvalue weighted by Gasteiger charge is 2.12. The molecule has 0 spiro atoms. The van der Waals surface area contributed by atoms with E-state index in [1.54, 1.807) is 18.4 Å². The lowest BCUT2D eigenvalue weighted by molar-refractivity contribution is 0.251. The van der Waals surface area contributed by atoms with Crippen LogP contribution in [0.2, 0.25) is 0 Å². The highest BCUT2D eigenvalue weighted by molar-refractivity contribution is 7.09. The van der Waals surface area contributed by atoms with Gasteiger partial charge in [-0.2, -0.15) is 0 Å². The number of urea groups is 1. The molecule has 2 aromatic rings. The van der Waals surface area contributed by atoms with Gasteiger partial charge in [-0.25, -0.2) is 14.8 Å². The lowest BCUT2D eigenvalue weighted by Crippen LogP contribution is -2.34. The van der Waals surface area contributed by atoms with Gasteiger partial charge in [0.15, 0.2) is 0 Å². The number of anilines is 1. The molecule has 0 aliphatic carbocycles. The first kappa shape index (κ1) is 15.2. The van der Waals surface area contributed by atoms with E-state index >= 15 is 0 Å². The molecule has 2 amide bonds. The molecule has 0 bridgehead atoms. The van der Waals surface area contributed by atoms with Crippen LogP contribution in [0, 0.1) is 6.92 Å². The zero-order valence-electron chi connectivity index (χ0n) is 12.1. The normalized spacial score (nSPS) is 12.0. The van der Waals surface area contributed by atoms with Gasteiger partial charge in [0.25, 0.3) is 5.56 Å². The van der Waals surface area contributed by atoms with Crippen molar-refractivity contribution >= 4 is 23.2 Å². The largest absolute Gasteiger partial charge is 0.337 e. The molecule has 0 aliphatic rings. The second kappa shape index (κ2) is 6.49. The Morgan fingerprint density at radius 2 is 2.29 bits per heavy atom. The van der Waals surface area contributed by atoms with Crippen molar-refractivity contribution in [2.24, 2.45) is 7.05 Å². The molecular weight excluding hydrogens is 290 g/mol. The molecule has 0 saturated heterocycles. The maximum atomic E-state index is 11.8. The van der Waals surface area contributed by atoms with Crippen molar-refractivity contribution < 1.29 is 4.79 Å². The Kier molecular flexibility index (Phi) is 4.69. The molecular formula is C13H17N5O2S. The minimum Gasteiger partial charge on any atom is -0.337 e. The molecule has 112 valence electrons. The van der Waals surface area contributed by atoms with Crippen LogP contribution in [0.15, 0.2) is 22.6 Å². The summed E-state index contributed by atoms with van der Waals surface area (Å²) in [5, 5.41) is 8.11. The number of carbonyl (C=O) groups excluding carboxylic acids is 1. The first-order valence-electron chi connectivity index (χ1n) is 6.46. The van der Waals surface area contributed by atoms with Crippen LogP contribution >= 0.6 is 11.3 Å². The summed E-state index contributed by atoms with van der Waals surface area (Å²) in [4.78, 5) is 31.7. The molecule has 2 heterocycles. The van der Waals surface area contributed by atoms with Crippen LogP contribution in [0.3, 0.4) is 0 Å². The molecule has 2 rings (SSSR count). The van der Waals surface area contributed by atoms with Gasteiger partial charge in [0.05, 0.1) is 5.01 Å². The third-order valence-corrected chi connectivity index (χ3v) is 4.07. The molecule has 8 heteroatoms. The van der Waals surface area contributed by atoms with Gasteiger partial charge in [-0.1, -0.05) is 6.92 Å². The molecule has 2 aromatic heterocycles. The van der Waals surface area contributed by atoms with E-state index in [1.807, 2.05) is 19.2 Å². The Morgan fingerprint density at radius 1 is 1.52 bits per heavy atom. The van der Waals surface area contributed by atoms with E-state index in [2.05, 4.69) is 20.6 Å². The van der Waals surface area contributed by atoms with E-state index in [4.69, 9.17) is 0 Å². The molecule has 0 radical (unpaired) electrons. The number of nitrogens with zero attached hydrogens (tertiary/aromatic N) is 3. The van der Waals surface area contributed by atoms with Crippen LogP contribution in [0.1, 0.15) is 23.5 Å². The van der Waals surface area contributed by atoms with E-state index in [-0.39, 0.29) is 17.3 Å². The van der Waals surface area contributed by atoms with Crippen molar-refractivity contribution in [3.05, 3.63) is 38.8 Å². The SMILES string of the molecule is Cc1csc(C(C)CNC(=O)Nc2nccn(C)c2=O)n1. The maximum Gasteiger partial charge on any atom is 0.320 e. The van der Waals surface area contributed by atoms with E-state index in [0.29, 0.717) is 6.54 Å². The Labute approximate surface area is 126 Å². The van der Waals surface area contributed by atoms with Gasteiger partial charge >= 0.3 is 6.03 Å². The molecule has 7 nitrogen and oxygen atoms in total. The summed E-state index contributed by atoms with van der Waals surface area (Å²) in [5.74, 6) is 0.122. The Hall–Kier alpha value is -2.22. The zero-order chi connectivity index (χ0) is 15.4. The summed E-state index contributed by atoms with van der Waals surface area (Å²) >= 11 is 1.57. The molecule has 0 aromatic carbocycles. The zero-order valence-corrected chi connectivity index (χ0v) is 12.9. The van der Waals surface area contributed by atoms with Crippen molar-refractivity contribution in [2.45, 2.75) is 19.8 Å². The van der Waals surface area contributed by atoms with Gasteiger partial charge in [-0.15, -0.1) is 11.3 Å². The second-order valence-corrected chi connectivity index (χ2v) is 5.64. The van der Waals surface area contributed by atoms with Crippen LogP contribution in [-0.2, 0) is 7.05 Å². The molecule has 0 aliphatic heterocycles. The monoisotopic (exact) mass is 307 g/mol. The van der Waals surface area contributed by atoms with Gasteiger partial charge in [0.1, 0.15) is 0 Å². The molecule has 1 unspecified atom stereocenters. The van der Waals surface area contributed by atoms with Crippen molar-refractivity contribution in [3.63, 3.8) is 0 Å². The third-order valence-electron chi connectivity index (χ3n) is 2.88. The molecule has 1 atom stereocenters. The highest BCUT2D eigenvalue weighted by atomic mass is 32.1. The Morgan fingerprint density at radius 3 is 2.95 bits per heavy atom. The van der Waals surface area contributed by atoms with Crippen molar-refractivity contribution in [2.75, 3.05) is 11.9 Å². The van der Waals surface area contributed by atoms with E-state index in [1.165, 1.54) is 17.0 Å². The van der Waals surface area contributed by atoms with Crippen molar-refractivity contribution in [3.8, 4) is 0 Å². The summed E-state index contributed by atoms with van der Waals surface area (Å²) in [5.41, 5.74) is 0.625. The number of rotatable bonds is 4. The standard InChI is InChI=1S/C13H17N5O2S/c1-8(11-16-9(2)7-21-11)6-15-13(20)17-10-12(19)18(3)5-4-14-10/h4-5,7-8H,6H2,1-3H3,(H2,14,15,17,20). The number of nitrogens with one attached hydrogen (secondary N) is 2. The van der Waals surface area contributed by atoms with Gasteiger partial charge in [0.2, 0.25) is 5.82 Å². The smallest absolute Gasteiger partial charge is 0.320 e. The summed E-state index contributed by atoms with van der Waals surface area (Å²) in [6.45, 7) is 4.36. The first-order valence-corrected chi connectivity index (χ1v) is 7.34. The summed E-state index contributed by atoms with van der Waals surface area (Å²) < 4.78 is 1.35. The first-order chi connectivity index (χ1) is 9.97. The number of aryl methyl sites for hydroxylation is 2. The van der Waals surface area contributed by atoms with Crippen LogP contribution in [0.4, 0.5) is 10.6 Å². The topological polar surface area (TPSA) is 88.9 Å². The maximum absolute atomic E-state index is 11.8. The van der Waals surface area contributed by atoms with E-state index < -0.39 is 6.03 Å². The number of amides is 2. The second-order valence-electron chi connectivity index (χ2n) is 4.76. The fourth-order valence-corrected chi connectivity index (χ4v) is 2.52. The summed E-state index contributed by atoms with van der Waals surface area (Å²) in [6, 6.07) is -0.453. The molecule has 0 fully saturated rings. The minimum absolute atomic E-state index is 0.00949. The van der Waals surface area contributed by atoms with Crippen LogP contribution < -0.4 is 16.2 Å². The quantitative estimate of drug-likeness (QED) is 0.895. The van der Waals surface area contributed by atoms with E-state index in [9.17, 15) is 9.59 Å². The molecule has 0 saturated carbocycles. The average Bonchev–Trinajstić information content (AvgIpc) is 2.88. The number of carbonyl (C=O) groups is 1. The predicted octanol–water partition coefficient (Wildman–Crippen LogP) is 1.47. The Balaban J connectivity index is 1.90. The predicted molar refractivity (Wildman–Crippen MR) is 81.8 cm³/mol. The number of thiazole rings is 1. The number of aromatic nitrogens is 3. The van der Waals surface area contributed by atoms with Crippen molar-refractivity contribution in [1.82, 2.24) is 19.9 Å². The lowest BCUT2D eigenvalue weighted by Gasteiger charge is -2.11. The fraction of sp³-hybridized carbons (Fsp3) is 0.385. The number of hydrogen-bond acceptors (Lipinski definition) is 5. The third kappa shape index (κ3) is 3.88. The molecule has 21 heavy (non-hydrogen) atoms. The van der Waals surface area contributed by atoms with Gasteiger partial charge in [-0.05, 0) is 6.92 Å². The summed E-state index contributed by atoms with van der Waals surface area (Å²) in [7, 11) is 1.60.